The fourth-order valence-electron chi connectivity index (χ4n) is 3.42. The SMILES string of the molecule is CNCCC1CCN(Cc2cc(Cl)c3c(c2)OCCCO3)CC1. The zero-order chi connectivity index (χ0) is 16.1. The molecule has 0 radical (unpaired) electrons. The lowest BCUT2D eigenvalue weighted by molar-refractivity contribution is 0.172. The van der Waals surface area contributed by atoms with Crippen molar-refractivity contribution < 1.29 is 9.47 Å². The number of rotatable bonds is 5. The van der Waals surface area contributed by atoms with E-state index >= 15 is 0 Å². The number of hydrogen-bond acceptors (Lipinski definition) is 4. The van der Waals surface area contributed by atoms with E-state index in [9.17, 15) is 0 Å². The van der Waals surface area contributed by atoms with Crippen molar-refractivity contribution in [2.45, 2.75) is 32.2 Å². The highest BCUT2D eigenvalue weighted by atomic mass is 35.5. The molecule has 0 aliphatic carbocycles. The van der Waals surface area contributed by atoms with Gasteiger partial charge in [0.2, 0.25) is 0 Å². The van der Waals surface area contributed by atoms with Gasteiger partial charge < -0.3 is 14.8 Å². The molecule has 23 heavy (non-hydrogen) atoms. The zero-order valence-electron chi connectivity index (χ0n) is 13.9. The summed E-state index contributed by atoms with van der Waals surface area (Å²) < 4.78 is 11.5. The summed E-state index contributed by atoms with van der Waals surface area (Å²) in [5.74, 6) is 2.37. The van der Waals surface area contributed by atoms with E-state index in [4.69, 9.17) is 21.1 Å². The van der Waals surface area contributed by atoms with Crippen molar-refractivity contribution >= 4 is 11.6 Å². The Balaban J connectivity index is 1.58. The molecule has 3 rings (SSSR count). The minimum absolute atomic E-state index is 0.670. The van der Waals surface area contributed by atoms with Crippen molar-refractivity contribution in [1.29, 1.82) is 0 Å². The van der Waals surface area contributed by atoms with Gasteiger partial charge in [-0.2, -0.15) is 0 Å². The molecule has 4 nitrogen and oxygen atoms in total. The largest absolute Gasteiger partial charge is 0.489 e. The zero-order valence-corrected chi connectivity index (χ0v) is 14.7. The number of hydrogen-bond donors (Lipinski definition) is 1. The standard InChI is InChI=1S/C18H27ClN2O2/c1-20-6-3-14-4-7-21(8-5-14)13-15-11-16(19)18-17(12-15)22-9-2-10-23-18/h11-12,14,20H,2-10,13H2,1H3. The third-order valence-corrected chi connectivity index (χ3v) is 5.06. The van der Waals surface area contributed by atoms with Gasteiger partial charge in [0, 0.05) is 13.0 Å². The molecule has 0 atom stereocenters. The van der Waals surface area contributed by atoms with Crippen LogP contribution in [-0.4, -0.2) is 44.8 Å². The number of halogens is 1. The van der Waals surface area contributed by atoms with Crippen LogP contribution in [0.5, 0.6) is 11.5 Å². The molecule has 0 aromatic heterocycles. The van der Waals surface area contributed by atoms with Crippen LogP contribution in [0.1, 0.15) is 31.2 Å². The van der Waals surface area contributed by atoms with Gasteiger partial charge >= 0.3 is 0 Å². The van der Waals surface area contributed by atoms with Crippen molar-refractivity contribution in [3.63, 3.8) is 0 Å². The van der Waals surface area contributed by atoms with Crippen molar-refractivity contribution in [2.75, 3.05) is 39.9 Å². The topological polar surface area (TPSA) is 33.7 Å². The number of piperidine rings is 1. The fourth-order valence-corrected chi connectivity index (χ4v) is 3.70. The smallest absolute Gasteiger partial charge is 0.179 e. The van der Waals surface area contributed by atoms with Crippen LogP contribution in [0.2, 0.25) is 5.02 Å². The van der Waals surface area contributed by atoms with E-state index in [-0.39, 0.29) is 0 Å². The molecular weight excluding hydrogens is 312 g/mol. The highest BCUT2D eigenvalue weighted by molar-refractivity contribution is 6.32. The highest BCUT2D eigenvalue weighted by Crippen LogP contribution is 2.38. The van der Waals surface area contributed by atoms with Crippen molar-refractivity contribution in [3.05, 3.63) is 22.7 Å². The lowest BCUT2D eigenvalue weighted by Gasteiger charge is -2.32. The molecule has 2 heterocycles. The number of nitrogens with one attached hydrogen (secondary N) is 1. The van der Waals surface area contributed by atoms with Crippen LogP contribution in [-0.2, 0) is 6.54 Å². The number of benzene rings is 1. The summed E-state index contributed by atoms with van der Waals surface area (Å²) in [5.41, 5.74) is 1.22. The molecule has 1 N–H and O–H groups in total. The predicted octanol–water partition coefficient (Wildman–Crippen LogP) is 3.32. The molecule has 0 amide bonds. The van der Waals surface area contributed by atoms with Crippen LogP contribution >= 0.6 is 11.6 Å². The second kappa shape index (κ2) is 8.22. The summed E-state index contributed by atoms with van der Waals surface area (Å²) in [6, 6.07) is 4.13. The Kier molecular flexibility index (Phi) is 6.03. The Morgan fingerprint density at radius 2 is 2.00 bits per heavy atom. The third-order valence-electron chi connectivity index (χ3n) is 4.78. The maximum atomic E-state index is 6.39. The van der Waals surface area contributed by atoms with Crippen LogP contribution in [0.4, 0.5) is 0 Å². The molecule has 2 aliphatic heterocycles. The van der Waals surface area contributed by atoms with Crippen LogP contribution < -0.4 is 14.8 Å². The Bertz CT molecular complexity index is 516. The summed E-state index contributed by atoms with van der Waals surface area (Å²) in [4.78, 5) is 2.52. The minimum atomic E-state index is 0.670. The van der Waals surface area contributed by atoms with Gasteiger partial charge in [-0.1, -0.05) is 11.6 Å². The van der Waals surface area contributed by atoms with Gasteiger partial charge in [0.05, 0.1) is 18.2 Å². The first kappa shape index (κ1) is 16.9. The van der Waals surface area contributed by atoms with Gasteiger partial charge in [-0.3, -0.25) is 4.90 Å². The number of nitrogens with zero attached hydrogens (tertiary/aromatic N) is 1. The summed E-state index contributed by atoms with van der Waals surface area (Å²) in [5, 5.41) is 3.92. The average molecular weight is 339 g/mol. The second-order valence-electron chi connectivity index (χ2n) is 6.57. The molecule has 1 saturated heterocycles. The Morgan fingerprint density at radius 3 is 2.78 bits per heavy atom. The summed E-state index contributed by atoms with van der Waals surface area (Å²) in [6.45, 7) is 5.77. The number of ether oxygens (including phenoxy) is 2. The van der Waals surface area contributed by atoms with Crippen LogP contribution in [0.15, 0.2) is 12.1 Å². The van der Waals surface area contributed by atoms with E-state index in [1.807, 2.05) is 13.1 Å². The maximum absolute atomic E-state index is 6.39. The van der Waals surface area contributed by atoms with Crippen molar-refractivity contribution in [3.8, 4) is 11.5 Å². The number of fused-ring (bicyclic) bond motifs is 1. The molecule has 0 saturated carbocycles. The quantitative estimate of drug-likeness (QED) is 0.893. The van der Waals surface area contributed by atoms with Gasteiger partial charge in [0.25, 0.3) is 0 Å². The van der Waals surface area contributed by atoms with Gasteiger partial charge in [0.15, 0.2) is 11.5 Å². The third kappa shape index (κ3) is 4.52. The van der Waals surface area contributed by atoms with E-state index in [2.05, 4.69) is 16.3 Å². The summed E-state index contributed by atoms with van der Waals surface area (Å²) in [7, 11) is 2.03. The molecule has 128 valence electrons. The Labute approximate surface area is 144 Å². The second-order valence-corrected chi connectivity index (χ2v) is 6.97. The predicted molar refractivity (Wildman–Crippen MR) is 93.6 cm³/mol. The average Bonchev–Trinajstić information content (AvgIpc) is 2.80. The first-order valence-electron chi connectivity index (χ1n) is 8.71. The Hall–Kier alpha value is -0.970. The normalized spacial score (nSPS) is 19.6. The molecule has 1 fully saturated rings. The van der Waals surface area contributed by atoms with Gasteiger partial charge in [-0.25, -0.2) is 0 Å². The number of likely N-dealkylation sites (tertiary alicyclic amines) is 1. The van der Waals surface area contributed by atoms with E-state index in [0.29, 0.717) is 24.0 Å². The van der Waals surface area contributed by atoms with Gasteiger partial charge in [0.1, 0.15) is 0 Å². The van der Waals surface area contributed by atoms with Crippen molar-refractivity contribution in [1.82, 2.24) is 10.2 Å². The maximum Gasteiger partial charge on any atom is 0.179 e. The lowest BCUT2D eigenvalue weighted by Crippen LogP contribution is -2.34. The molecule has 5 heteroatoms. The minimum Gasteiger partial charge on any atom is -0.489 e. The summed E-state index contributed by atoms with van der Waals surface area (Å²) >= 11 is 6.39. The van der Waals surface area contributed by atoms with Crippen LogP contribution in [0.25, 0.3) is 0 Å². The Morgan fingerprint density at radius 1 is 1.22 bits per heavy atom. The van der Waals surface area contributed by atoms with E-state index in [1.54, 1.807) is 0 Å². The molecule has 2 aliphatic rings. The lowest BCUT2D eigenvalue weighted by atomic mass is 9.93. The van der Waals surface area contributed by atoms with Crippen molar-refractivity contribution in [2.24, 2.45) is 5.92 Å². The highest BCUT2D eigenvalue weighted by Gasteiger charge is 2.21. The molecular formula is C18H27ClN2O2. The van der Waals surface area contributed by atoms with Crippen LogP contribution in [0.3, 0.4) is 0 Å². The first-order valence-corrected chi connectivity index (χ1v) is 9.09. The molecule has 0 spiro atoms. The molecule has 1 aromatic carbocycles. The van der Waals surface area contributed by atoms with E-state index in [1.165, 1.54) is 37.9 Å². The molecule has 0 bridgehead atoms. The first-order chi connectivity index (χ1) is 11.3. The molecule has 0 unspecified atom stereocenters. The fraction of sp³-hybridized carbons (Fsp3) is 0.667. The van der Waals surface area contributed by atoms with E-state index < -0.39 is 0 Å². The van der Waals surface area contributed by atoms with E-state index in [0.717, 1.165) is 31.2 Å². The van der Waals surface area contributed by atoms with Gasteiger partial charge in [-0.05, 0) is 69.6 Å². The van der Waals surface area contributed by atoms with Gasteiger partial charge in [-0.15, -0.1) is 0 Å². The monoisotopic (exact) mass is 338 g/mol. The molecule has 1 aromatic rings. The summed E-state index contributed by atoms with van der Waals surface area (Å²) in [6.07, 6.45) is 4.78. The van der Waals surface area contributed by atoms with Crippen LogP contribution in [0, 0.1) is 5.92 Å².